The van der Waals surface area contributed by atoms with Crippen LogP contribution in [-0.2, 0) is 0 Å². The Morgan fingerprint density at radius 2 is 1.88 bits per heavy atom. The molecule has 2 aromatic rings. The van der Waals surface area contributed by atoms with Crippen LogP contribution in [0.5, 0.6) is 0 Å². The number of anilines is 1. The summed E-state index contributed by atoms with van der Waals surface area (Å²) in [5.74, 6) is 0. The smallest absolute Gasteiger partial charge is 0.0749 e. The SMILES string of the molecule is CN(C)CCC(/C=C\c1ccccc1)=N/Nc1ccc(Cl)cc1Cl. The molecular formula is C19H21Cl2N3. The normalized spacial score (nSPS) is 12.1. The van der Waals surface area contributed by atoms with E-state index >= 15 is 0 Å². The standard InChI is InChI=1S/C19H21Cl2N3/c1-24(2)13-12-17(10-8-15-6-4-3-5-7-15)22-23-19-11-9-16(20)14-18(19)21/h3-11,14,23H,12-13H2,1-2H3/b10-8-,22-17+. The van der Waals surface area contributed by atoms with E-state index in [4.69, 9.17) is 23.2 Å². The Kier molecular flexibility index (Phi) is 7.32. The zero-order valence-electron chi connectivity index (χ0n) is 13.8. The Balaban J connectivity index is 2.13. The number of hydrazone groups is 1. The van der Waals surface area contributed by atoms with Crippen molar-refractivity contribution < 1.29 is 0 Å². The lowest BCUT2D eigenvalue weighted by Crippen LogP contribution is -2.16. The Morgan fingerprint density at radius 3 is 2.54 bits per heavy atom. The van der Waals surface area contributed by atoms with Crippen molar-refractivity contribution >= 4 is 40.7 Å². The highest BCUT2D eigenvalue weighted by Crippen LogP contribution is 2.25. The van der Waals surface area contributed by atoms with Gasteiger partial charge in [-0.05, 0) is 43.9 Å². The van der Waals surface area contributed by atoms with Gasteiger partial charge in [-0.1, -0.05) is 59.6 Å². The number of nitrogens with one attached hydrogen (secondary N) is 1. The van der Waals surface area contributed by atoms with Gasteiger partial charge < -0.3 is 4.90 Å². The van der Waals surface area contributed by atoms with E-state index in [0.717, 1.165) is 29.9 Å². The third-order valence-electron chi connectivity index (χ3n) is 3.33. The number of allylic oxidation sites excluding steroid dienone is 1. The van der Waals surface area contributed by atoms with Crippen molar-refractivity contribution in [1.29, 1.82) is 0 Å². The maximum Gasteiger partial charge on any atom is 0.0749 e. The molecule has 0 aliphatic rings. The maximum absolute atomic E-state index is 6.17. The van der Waals surface area contributed by atoms with Crippen LogP contribution in [0.4, 0.5) is 5.69 Å². The number of hydrogen-bond donors (Lipinski definition) is 1. The lowest BCUT2D eigenvalue weighted by atomic mass is 10.1. The summed E-state index contributed by atoms with van der Waals surface area (Å²) in [6, 6.07) is 15.4. The predicted octanol–water partition coefficient (Wildman–Crippen LogP) is 5.43. The Bertz CT molecular complexity index is 710. The molecule has 0 aromatic heterocycles. The molecule has 2 rings (SSSR count). The van der Waals surface area contributed by atoms with E-state index in [1.807, 2.05) is 44.4 Å². The van der Waals surface area contributed by atoms with E-state index < -0.39 is 0 Å². The second-order valence-corrected chi connectivity index (χ2v) is 6.48. The highest BCUT2D eigenvalue weighted by Gasteiger charge is 2.02. The highest BCUT2D eigenvalue weighted by molar-refractivity contribution is 6.36. The lowest BCUT2D eigenvalue weighted by molar-refractivity contribution is 0.422. The zero-order valence-corrected chi connectivity index (χ0v) is 15.3. The number of rotatable bonds is 7. The summed E-state index contributed by atoms with van der Waals surface area (Å²) in [7, 11) is 4.09. The van der Waals surface area contributed by atoms with Crippen molar-refractivity contribution in [2.75, 3.05) is 26.1 Å². The molecule has 126 valence electrons. The molecule has 0 amide bonds. The number of nitrogens with zero attached hydrogens (tertiary/aromatic N) is 2. The summed E-state index contributed by atoms with van der Waals surface area (Å²) < 4.78 is 0. The summed E-state index contributed by atoms with van der Waals surface area (Å²) in [5.41, 5.74) is 5.84. The molecule has 0 bridgehead atoms. The zero-order chi connectivity index (χ0) is 17.4. The minimum absolute atomic E-state index is 0.547. The fourth-order valence-electron chi connectivity index (χ4n) is 1.98. The van der Waals surface area contributed by atoms with Gasteiger partial charge in [0, 0.05) is 18.0 Å². The van der Waals surface area contributed by atoms with Crippen LogP contribution in [0.15, 0.2) is 59.7 Å². The van der Waals surface area contributed by atoms with E-state index in [2.05, 4.69) is 33.6 Å². The monoisotopic (exact) mass is 361 g/mol. The Morgan fingerprint density at radius 1 is 1.12 bits per heavy atom. The molecule has 0 atom stereocenters. The fourth-order valence-corrected chi connectivity index (χ4v) is 2.43. The molecule has 24 heavy (non-hydrogen) atoms. The van der Waals surface area contributed by atoms with E-state index in [1.165, 1.54) is 0 Å². The van der Waals surface area contributed by atoms with Crippen LogP contribution >= 0.6 is 23.2 Å². The Labute approximate surface area is 153 Å². The molecule has 0 saturated carbocycles. The number of benzene rings is 2. The first-order valence-electron chi connectivity index (χ1n) is 7.70. The summed E-state index contributed by atoms with van der Waals surface area (Å²) in [5, 5.41) is 5.65. The van der Waals surface area contributed by atoms with Gasteiger partial charge in [-0.15, -0.1) is 0 Å². The van der Waals surface area contributed by atoms with Gasteiger partial charge in [-0.25, -0.2) is 0 Å². The van der Waals surface area contributed by atoms with Gasteiger partial charge >= 0.3 is 0 Å². The predicted molar refractivity (Wildman–Crippen MR) is 106 cm³/mol. The molecule has 0 unspecified atom stereocenters. The van der Waals surface area contributed by atoms with Gasteiger partial charge in [0.25, 0.3) is 0 Å². The van der Waals surface area contributed by atoms with Crippen LogP contribution in [0, 0.1) is 0 Å². The van der Waals surface area contributed by atoms with Crippen molar-refractivity contribution in [2.45, 2.75) is 6.42 Å². The van der Waals surface area contributed by atoms with Crippen LogP contribution in [0.1, 0.15) is 12.0 Å². The molecule has 0 heterocycles. The summed E-state index contributed by atoms with van der Waals surface area (Å²) >= 11 is 12.1. The van der Waals surface area contributed by atoms with Crippen molar-refractivity contribution in [1.82, 2.24) is 4.90 Å². The van der Waals surface area contributed by atoms with Crippen molar-refractivity contribution in [3.8, 4) is 0 Å². The topological polar surface area (TPSA) is 27.6 Å². The van der Waals surface area contributed by atoms with Crippen molar-refractivity contribution in [3.05, 3.63) is 70.2 Å². The van der Waals surface area contributed by atoms with Gasteiger partial charge in [-0.2, -0.15) is 5.10 Å². The van der Waals surface area contributed by atoms with E-state index in [-0.39, 0.29) is 0 Å². The van der Waals surface area contributed by atoms with E-state index in [9.17, 15) is 0 Å². The second kappa shape index (κ2) is 9.48. The molecule has 0 aliphatic carbocycles. The number of halogens is 2. The lowest BCUT2D eigenvalue weighted by Gasteiger charge is -2.10. The van der Waals surface area contributed by atoms with Crippen LogP contribution in [-0.4, -0.2) is 31.3 Å². The van der Waals surface area contributed by atoms with E-state index in [0.29, 0.717) is 10.0 Å². The van der Waals surface area contributed by atoms with Crippen LogP contribution in [0.2, 0.25) is 10.0 Å². The maximum atomic E-state index is 6.17. The van der Waals surface area contributed by atoms with Crippen LogP contribution in [0.3, 0.4) is 0 Å². The third-order valence-corrected chi connectivity index (χ3v) is 3.88. The van der Waals surface area contributed by atoms with Crippen LogP contribution in [0.25, 0.3) is 6.08 Å². The largest absolute Gasteiger partial charge is 0.309 e. The first kappa shape index (κ1) is 18.5. The van der Waals surface area contributed by atoms with Gasteiger partial charge in [0.15, 0.2) is 0 Å². The summed E-state index contributed by atoms with van der Waals surface area (Å²) in [6.07, 6.45) is 4.91. The quantitative estimate of drug-likeness (QED) is 0.526. The number of hydrogen-bond acceptors (Lipinski definition) is 3. The summed E-state index contributed by atoms with van der Waals surface area (Å²) in [6.45, 7) is 0.911. The minimum atomic E-state index is 0.547. The molecule has 5 heteroatoms. The van der Waals surface area contributed by atoms with Crippen molar-refractivity contribution in [3.63, 3.8) is 0 Å². The average Bonchev–Trinajstić information content (AvgIpc) is 2.56. The van der Waals surface area contributed by atoms with Gasteiger partial charge in [0.1, 0.15) is 0 Å². The fraction of sp³-hybridized carbons (Fsp3) is 0.211. The van der Waals surface area contributed by atoms with E-state index in [1.54, 1.807) is 12.1 Å². The van der Waals surface area contributed by atoms with Gasteiger partial charge in [0.05, 0.1) is 16.4 Å². The molecule has 3 nitrogen and oxygen atoms in total. The third kappa shape index (κ3) is 6.36. The first-order valence-corrected chi connectivity index (χ1v) is 8.45. The molecule has 0 spiro atoms. The summed E-state index contributed by atoms with van der Waals surface area (Å²) in [4.78, 5) is 2.13. The highest BCUT2D eigenvalue weighted by atomic mass is 35.5. The second-order valence-electron chi connectivity index (χ2n) is 5.64. The molecular weight excluding hydrogens is 341 g/mol. The average molecular weight is 362 g/mol. The molecule has 1 N–H and O–H groups in total. The minimum Gasteiger partial charge on any atom is -0.309 e. The molecule has 0 radical (unpaired) electrons. The van der Waals surface area contributed by atoms with Gasteiger partial charge in [-0.3, -0.25) is 5.43 Å². The van der Waals surface area contributed by atoms with Crippen LogP contribution < -0.4 is 5.43 Å². The molecule has 0 fully saturated rings. The molecule has 2 aromatic carbocycles. The van der Waals surface area contributed by atoms with Crippen molar-refractivity contribution in [2.24, 2.45) is 5.10 Å². The molecule has 0 saturated heterocycles. The Hall–Kier alpha value is -1.81. The molecule has 0 aliphatic heterocycles. The van der Waals surface area contributed by atoms with Gasteiger partial charge in [0.2, 0.25) is 0 Å². The first-order chi connectivity index (χ1) is 11.5.